The zero-order valence-electron chi connectivity index (χ0n) is 15.2. The molecule has 0 saturated carbocycles. The maximum absolute atomic E-state index is 11.9. The molecule has 0 aliphatic heterocycles. The average molecular weight is 420 g/mol. The third-order valence-corrected chi connectivity index (χ3v) is 4.24. The molecule has 0 aliphatic rings. The van der Waals surface area contributed by atoms with E-state index in [1.807, 2.05) is 45.0 Å². The van der Waals surface area contributed by atoms with Crippen LogP contribution in [0.3, 0.4) is 0 Å². The Hall–Kier alpha value is -2.54. The van der Waals surface area contributed by atoms with E-state index in [1.54, 1.807) is 19.2 Å². The number of ether oxygens (including phenoxy) is 2. The van der Waals surface area contributed by atoms with E-state index in [9.17, 15) is 4.79 Å². The molecule has 138 valence electrons. The number of methoxy groups -OCH3 is 1. The first-order chi connectivity index (χ1) is 12.4. The Morgan fingerprint density at radius 1 is 1.19 bits per heavy atom. The lowest BCUT2D eigenvalue weighted by atomic mass is 10.2. The predicted octanol–water partition coefficient (Wildman–Crippen LogP) is 4.71. The SMILES string of the molecule is COc1cc(/C=N/NC(=O)Nc2ccc(Br)c(C)c2)ccc1OC(C)C. The molecule has 0 bridgehead atoms. The van der Waals surface area contributed by atoms with Crippen LogP contribution in [0, 0.1) is 6.92 Å². The van der Waals surface area contributed by atoms with Crippen molar-refractivity contribution in [2.24, 2.45) is 5.10 Å². The Balaban J connectivity index is 1.96. The van der Waals surface area contributed by atoms with Crippen molar-refractivity contribution in [2.75, 3.05) is 12.4 Å². The van der Waals surface area contributed by atoms with Gasteiger partial charge >= 0.3 is 6.03 Å². The number of nitrogens with zero attached hydrogens (tertiary/aromatic N) is 1. The molecule has 2 aromatic rings. The number of nitrogens with one attached hydrogen (secondary N) is 2. The van der Waals surface area contributed by atoms with E-state index in [4.69, 9.17) is 9.47 Å². The summed E-state index contributed by atoms with van der Waals surface area (Å²) in [6.07, 6.45) is 1.59. The van der Waals surface area contributed by atoms with E-state index in [-0.39, 0.29) is 6.10 Å². The minimum atomic E-state index is -0.422. The number of hydrazone groups is 1. The molecule has 2 N–H and O–H groups in total. The van der Waals surface area contributed by atoms with Crippen molar-refractivity contribution in [1.82, 2.24) is 5.43 Å². The molecule has 0 unspecified atom stereocenters. The molecule has 2 aromatic carbocycles. The summed E-state index contributed by atoms with van der Waals surface area (Å²) < 4.78 is 12.0. The lowest BCUT2D eigenvalue weighted by molar-refractivity contribution is 0.230. The van der Waals surface area contributed by atoms with Crippen LogP contribution in [0.5, 0.6) is 11.5 Å². The van der Waals surface area contributed by atoms with Crippen LogP contribution in [0.4, 0.5) is 10.5 Å². The molecule has 0 aromatic heterocycles. The quantitative estimate of drug-likeness (QED) is 0.525. The summed E-state index contributed by atoms with van der Waals surface area (Å²) in [4.78, 5) is 11.9. The number of halogens is 1. The number of carbonyl (C=O) groups excluding carboxylic acids is 1. The number of hydrogen-bond acceptors (Lipinski definition) is 4. The van der Waals surface area contributed by atoms with Gasteiger partial charge in [-0.15, -0.1) is 0 Å². The van der Waals surface area contributed by atoms with Crippen LogP contribution in [0.15, 0.2) is 46.0 Å². The summed E-state index contributed by atoms with van der Waals surface area (Å²) in [7, 11) is 1.58. The monoisotopic (exact) mass is 419 g/mol. The third-order valence-electron chi connectivity index (χ3n) is 3.35. The molecule has 0 heterocycles. The maximum Gasteiger partial charge on any atom is 0.339 e. The van der Waals surface area contributed by atoms with Crippen LogP contribution in [-0.4, -0.2) is 25.5 Å². The van der Waals surface area contributed by atoms with Crippen molar-refractivity contribution in [3.63, 3.8) is 0 Å². The second kappa shape index (κ2) is 9.24. The van der Waals surface area contributed by atoms with Crippen LogP contribution in [0.1, 0.15) is 25.0 Å². The van der Waals surface area contributed by atoms with Gasteiger partial charge in [-0.2, -0.15) is 5.10 Å². The van der Waals surface area contributed by atoms with Crippen molar-refractivity contribution >= 4 is 33.9 Å². The number of urea groups is 1. The molecule has 0 atom stereocenters. The molecule has 0 saturated heterocycles. The van der Waals surface area contributed by atoms with Crippen LogP contribution in [0.25, 0.3) is 0 Å². The van der Waals surface area contributed by atoms with Gasteiger partial charge in [0.1, 0.15) is 0 Å². The van der Waals surface area contributed by atoms with E-state index in [2.05, 4.69) is 31.8 Å². The standard InChI is InChI=1S/C19H22BrN3O3/c1-12(2)26-17-8-5-14(10-18(17)25-4)11-21-23-19(24)22-15-6-7-16(20)13(3)9-15/h5-12H,1-4H3,(H2,22,23,24)/b21-11+. The molecule has 2 amide bonds. The first-order valence-electron chi connectivity index (χ1n) is 8.10. The van der Waals surface area contributed by atoms with E-state index < -0.39 is 6.03 Å². The number of carbonyl (C=O) groups is 1. The molecule has 0 fully saturated rings. The second-order valence-electron chi connectivity index (χ2n) is 5.86. The number of hydrogen-bond donors (Lipinski definition) is 2. The van der Waals surface area contributed by atoms with Gasteiger partial charge in [0.25, 0.3) is 0 Å². The van der Waals surface area contributed by atoms with Crippen molar-refractivity contribution in [3.05, 3.63) is 52.0 Å². The summed E-state index contributed by atoms with van der Waals surface area (Å²) in [5.74, 6) is 1.27. The average Bonchev–Trinajstić information content (AvgIpc) is 2.59. The summed E-state index contributed by atoms with van der Waals surface area (Å²) >= 11 is 3.42. The molecule has 7 heteroatoms. The highest BCUT2D eigenvalue weighted by Crippen LogP contribution is 2.28. The van der Waals surface area contributed by atoms with Crippen LogP contribution in [-0.2, 0) is 0 Å². The minimum Gasteiger partial charge on any atom is -0.493 e. The zero-order valence-corrected chi connectivity index (χ0v) is 16.8. The largest absolute Gasteiger partial charge is 0.493 e. The fourth-order valence-electron chi connectivity index (χ4n) is 2.16. The maximum atomic E-state index is 11.9. The summed E-state index contributed by atoms with van der Waals surface area (Å²) in [5.41, 5.74) is 4.93. The van der Waals surface area contributed by atoms with E-state index in [0.717, 1.165) is 15.6 Å². The fraction of sp³-hybridized carbons (Fsp3) is 0.263. The molecule has 26 heavy (non-hydrogen) atoms. The topological polar surface area (TPSA) is 72.0 Å². The summed E-state index contributed by atoms with van der Waals surface area (Å²) in [5, 5.41) is 6.67. The van der Waals surface area contributed by atoms with Gasteiger partial charge in [0.05, 0.1) is 19.4 Å². The molecule has 0 radical (unpaired) electrons. The smallest absolute Gasteiger partial charge is 0.339 e. The van der Waals surface area contributed by atoms with Gasteiger partial charge in [-0.1, -0.05) is 15.9 Å². The van der Waals surface area contributed by atoms with Gasteiger partial charge in [-0.05, 0) is 68.3 Å². The number of anilines is 1. The Labute approximate surface area is 161 Å². The Morgan fingerprint density at radius 2 is 1.96 bits per heavy atom. The molecule has 6 nitrogen and oxygen atoms in total. The Morgan fingerprint density at radius 3 is 2.62 bits per heavy atom. The van der Waals surface area contributed by atoms with Gasteiger partial charge in [0, 0.05) is 10.2 Å². The van der Waals surface area contributed by atoms with Crippen LogP contribution < -0.4 is 20.2 Å². The van der Waals surface area contributed by atoms with Crippen molar-refractivity contribution < 1.29 is 14.3 Å². The van der Waals surface area contributed by atoms with Gasteiger partial charge in [-0.25, -0.2) is 10.2 Å². The number of rotatable bonds is 6. The van der Waals surface area contributed by atoms with Crippen LogP contribution >= 0.6 is 15.9 Å². The zero-order chi connectivity index (χ0) is 19.1. The third kappa shape index (κ3) is 5.77. The fourth-order valence-corrected chi connectivity index (χ4v) is 2.41. The Kier molecular flexibility index (Phi) is 7.03. The number of amides is 2. The lowest BCUT2D eigenvalue weighted by Crippen LogP contribution is -2.24. The summed E-state index contributed by atoms with van der Waals surface area (Å²) in [6.45, 7) is 5.85. The first-order valence-corrected chi connectivity index (χ1v) is 8.89. The van der Waals surface area contributed by atoms with Gasteiger partial charge in [0.15, 0.2) is 11.5 Å². The molecular formula is C19H22BrN3O3. The first kappa shape index (κ1) is 19.8. The molecule has 0 spiro atoms. The lowest BCUT2D eigenvalue weighted by Gasteiger charge is -2.13. The van der Waals surface area contributed by atoms with E-state index in [0.29, 0.717) is 17.2 Å². The van der Waals surface area contributed by atoms with E-state index >= 15 is 0 Å². The van der Waals surface area contributed by atoms with Crippen molar-refractivity contribution in [3.8, 4) is 11.5 Å². The normalized spacial score (nSPS) is 10.8. The van der Waals surface area contributed by atoms with E-state index in [1.165, 1.54) is 6.21 Å². The van der Waals surface area contributed by atoms with Gasteiger partial charge in [0.2, 0.25) is 0 Å². The highest BCUT2D eigenvalue weighted by molar-refractivity contribution is 9.10. The minimum absolute atomic E-state index is 0.0519. The highest BCUT2D eigenvalue weighted by Gasteiger charge is 2.07. The number of aryl methyl sites for hydroxylation is 1. The Bertz CT molecular complexity index is 807. The second-order valence-corrected chi connectivity index (χ2v) is 6.72. The van der Waals surface area contributed by atoms with Crippen molar-refractivity contribution in [1.29, 1.82) is 0 Å². The molecule has 0 aliphatic carbocycles. The summed E-state index contributed by atoms with van der Waals surface area (Å²) in [6, 6.07) is 10.6. The predicted molar refractivity (Wildman–Crippen MR) is 107 cm³/mol. The van der Waals surface area contributed by atoms with Gasteiger partial charge < -0.3 is 14.8 Å². The van der Waals surface area contributed by atoms with Crippen LogP contribution in [0.2, 0.25) is 0 Å². The highest BCUT2D eigenvalue weighted by atomic mass is 79.9. The molecular weight excluding hydrogens is 398 g/mol. The van der Waals surface area contributed by atoms with Gasteiger partial charge in [-0.3, -0.25) is 0 Å². The number of benzene rings is 2. The van der Waals surface area contributed by atoms with Crippen molar-refractivity contribution in [2.45, 2.75) is 26.9 Å². The molecule has 2 rings (SSSR count).